The number of carbonyl (C=O) groups excluding carboxylic acids is 1. The second-order valence-corrected chi connectivity index (χ2v) is 7.52. The van der Waals surface area contributed by atoms with E-state index in [1.807, 2.05) is 54.6 Å². The van der Waals surface area contributed by atoms with Gasteiger partial charge in [0.05, 0.1) is 6.20 Å². The van der Waals surface area contributed by atoms with Crippen molar-refractivity contribution in [2.24, 2.45) is 5.92 Å². The average molecular weight is 393 g/mol. The van der Waals surface area contributed by atoms with E-state index in [9.17, 15) is 9.90 Å². The highest BCUT2D eigenvalue weighted by molar-refractivity contribution is 6.30. The number of ketones is 1. The zero-order chi connectivity index (χ0) is 19.5. The number of benzene rings is 2. The smallest absolute Gasteiger partial charge is 0.166 e. The van der Waals surface area contributed by atoms with Crippen molar-refractivity contribution in [3.63, 3.8) is 0 Å². The molecule has 1 fully saturated rings. The molecule has 0 unspecified atom stereocenters. The van der Waals surface area contributed by atoms with Crippen LogP contribution in [0.4, 0.5) is 5.82 Å². The zero-order valence-electron chi connectivity index (χ0n) is 15.4. The zero-order valence-corrected chi connectivity index (χ0v) is 16.1. The first-order valence-electron chi connectivity index (χ1n) is 9.40. The van der Waals surface area contributed by atoms with Crippen LogP contribution in [0.5, 0.6) is 5.75 Å². The lowest BCUT2D eigenvalue weighted by atomic mass is 9.88. The number of piperidine rings is 1. The summed E-state index contributed by atoms with van der Waals surface area (Å²) in [4.78, 5) is 19.3. The fourth-order valence-corrected chi connectivity index (χ4v) is 3.86. The van der Waals surface area contributed by atoms with Gasteiger partial charge in [0.2, 0.25) is 0 Å². The van der Waals surface area contributed by atoms with E-state index in [0.29, 0.717) is 5.02 Å². The first-order valence-corrected chi connectivity index (χ1v) is 9.78. The predicted octanol–water partition coefficient (Wildman–Crippen LogP) is 5.21. The maximum atomic E-state index is 12.9. The second-order valence-electron chi connectivity index (χ2n) is 7.09. The lowest BCUT2D eigenvalue weighted by Crippen LogP contribution is -2.36. The van der Waals surface area contributed by atoms with Gasteiger partial charge in [0.25, 0.3) is 0 Å². The van der Waals surface area contributed by atoms with Gasteiger partial charge in [0, 0.05) is 29.6 Å². The number of hydrogen-bond donors (Lipinski definition) is 1. The summed E-state index contributed by atoms with van der Waals surface area (Å²) in [6.45, 7) is 1.57. The minimum Gasteiger partial charge on any atom is -0.506 e. The number of halogens is 1. The summed E-state index contributed by atoms with van der Waals surface area (Å²) in [7, 11) is 0. The van der Waals surface area contributed by atoms with Crippen molar-refractivity contribution in [3.8, 4) is 16.9 Å². The third kappa shape index (κ3) is 4.02. The second kappa shape index (κ2) is 8.03. The monoisotopic (exact) mass is 392 g/mol. The molecule has 5 heteroatoms. The third-order valence-electron chi connectivity index (χ3n) is 5.25. The van der Waals surface area contributed by atoms with Crippen molar-refractivity contribution in [3.05, 3.63) is 77.4 Å². The number of rotatable bonds is 4. The summed E-state index contributed by atoms with van der Waals surface area (Å²) in [5, 5.41) is 10.1. The van der Waals surface area contributed by atoms with Crippen molar-refractivity contribution >= 4 is 23.2 Å². The highest BCUT2D eigenvalue weighted by Crippen LogP contribution is 2.27. The Kier molecular flexibility index (Phi) is 5.31. The first-order chi connectivity index (χ1) is 13.6. The van der Waals surface area contributed by atoms with Crippen LogP contribution < -0.4 is 4.90 Å². The fraction of sp³-hybridized carbons (Fsp3) is 0.217. The highest BCUT2D eigenvalue weighted by Gasteiger charge is 2.26. The van der Waals surface area contributed by atoms with Crippen molar-refractivity contribution in [1.82, 2.24) is 4.98 Å². The van der Waals surface area contributed by atoms with Gasteiger partial charge in [-0.25, -0.2) is 4.98 Å². The van der Waals surface area contributed by atoms with Crippen LogP contribution in [0.25, 0.3) is 11.1 Å². The predicted molar refractivity (Wildman–Crippen MR) is 112 cm³/mol. The Bertz CT molecular complexity index is 963. The molecule has 0 saturated carbocycles. The summed E-state index contributed by atoms with van der Waals surface area (Å²) in [6, 6.07) is 18.9. The molecule has 28 heavy (non-hydrogen) atoms. The Hall–Kier alpha value is -2.85. The lowest BCUT2D eigenvalue weighted by molar-refractivity contribution is 0.0900. The van der Waals surface area contributed by atoms with Crippen LogP contribution >= 0.6 is 11.6 Å². The molecule has 0 aliphatic carbocycles. The molecule has 0 radical (unpaired) electrons. The molecule has 3 aromatic rings. The Morgan fingerprint density at radius 1 is 1.00 bits per heavy atom. The number of carbonyl (C=O) groups is 1. The Balaban J connectivity index is 1.40. The maximum absolute atomic E-state index is 12.9. The molecule has 1 saturated heterocycles. The molecule has 1 aliphatic rings. The van der Waals surface area contributed by atoms with Crippen LogP contribution in [-0.4, -0.2) is 29.0 Å². The van der Waals surface area contributed by atoms with Gasteiger partial charge in [-0.15, -0.1) is 0 Å². The van der Waals surface area contributed by atoms with E-state index in [0.717, 1.165) is 48.4 Å². The van der Waals surface area contributed by atoms with Crippen LogP contribution in [-0.2, 0) is 0 Å². The van der Waals surface area contributed by atoms with Crippen LogP contribution in [0, 0.1) is 5.92 Å². The van der Waals surface area contributed by atoms with Crippen LogP contribution in [0.3, 0.4) is 0 Å². The normalized spacial score (nSPS) is 14.8. The molecule has 0 atom stereocenters. The minimum atomic E-state index is 0.0328. The van der Waals surface area contributed by atoms with Gasteiger partial charge in [-0.1, -0.05) is 48.0 Å². The summed E-state index contributed by atoms with van der Waals surface area (Å²) in [5.74, 6) is 1.24. The lowest BCUT2D eigenvalue weighted by Gasteiger charge is -2.32. The number of aromatic hydroxyl groups is 1. The summed E-state index contributed by atoms with van der Waals surface area (Å²) in [5.41, 5.74) is 2.85. The van der Waals surface area contributed by atoms with Crippen molar-refractivity contribution < 1.29 is 9.90 Å². The Morgan fingerprint density at radius 2 is 1.75 bits per heavy atom. The fourth-order valence-electron chi connectivity index (χ4n) is 3.67. The molecule has 2 aromatic carbocycles. The van der Waals surface area contributed by atoms with E-state index in [2.05, 4.69) is 9.88 Å². The average Bonchev–Trinajstić information content (AvgIpc) is 2.74. The molecule has 1 aromatic heterocycles. The van der Waals surface area contributed by atoms with E-state index in [-0.39, 0.29) is 17.5 Å². The molecular weight excluding hydrogens is 372 g/mol. The Morgan fingerprint density at radius 3 is 2.39 bits per heavy atom. The largest absolute Gasteiger partial charge is 0.506 e. The topological polar surface area (TPSA) is 53.4 Å². The highest BCUT2D eigenvalue weighted by atomic mass is 35.5. The quantitative estimate of drug-likeness (QED) is 0.619. The van der Waals surface area contributed by atoms with E-state index in [4.69, 9.17) is 11.6 Å². The van der Waals surface area contributed by atoms with Gasteiger partial charge in [0.1, 0.15) is 11.6 Å². The van der Waals surface area contributed by atoms with Crippen molar-refractivity contribution in [1.29, 1.82) is 0 Å². The van der Waals surface area contributed by atoms with E-state index in [1.54, 1.807) is 6.07 Å². The van der Waals surface area contributed by atoms with Gasteiger partial charge in [-0.3, -0.25) is 4.79 Å². The van der Waals surface area contributed by atoms with Crippen molar-refractivity contribution in [2.45, 2.75) is 12.8 Å². The van der Waals surface area contributed by atoms with E-state index < -0.39 is 0 Å². The molecule has 142 valence electrons. The molecule has 1 aliphatic heterocycles. The number of hydrogen-bond acceptors (Lipinski definition) is 4. The van der Waals surface area contributed by atoms with Crippen LogP contribution in [0.2, 0.25) is 5.02 Å². The molecule has 4 rings (SSSR count). The SMILES string of the molecule is O=C(c1ccc(-c2cccc(Cl)c2)cc1)C1CCN(c2ccc(O)cn2)CC1. The number of pyridine rings is 1. The first kappa shape index (κ1) is 18.5. The van der Waals surface area contributed by atoms with Gasteiger partial charge in [-0.05, 0) is 48.2 Å². The minimum absolute atomic E-state index is 0.0328. The number of aromatic nitrogens is 1. The number of anilines is 1. The molecule has 0 spiro atoms. The third-order valence-corrected chi connectivity index (χ3v) is 5.48. The van der Waals surface area contributed by atoms with Crippen LogP contribution in [0.15, 0.2) is 66.9 Å². The molecule has 4 nitrogen and oxygen atoms in total. The summed E-state index contributed by atoms with van der Waals surface area (Å²) < 4.78 is 0. The molecule has 0 bridgehead atoms. The van der Waals surface area contributed by atoms with E-state index >= 15 is 0 Å². The molecule has 2 heterocycles. The van der Waals surface area contributed by atoms with Gasteiger partial charge in [-0.2, -0.15) is 0 Å². The van der Waals surface area contributed by atoms with Crippen molar-refractivity contribution in [2.75, 3.05) is 18.0 Å². The summed E-state index contributed by atoms with van der Waals surface area (Å²) in [6.07, 6.45) is 3.06. The summed E-state index contributed by atoms with van der Waals surface area (Å²) >= 11 is 6.07. The van der Waals surface area contributed by atoms with E-state index in [1.165, 1.54) is 6.20 Å². The van der Waals surface area contributed by atoms with Gasteiger partial charge in [0.15, 0.2) is 5.78 Å². The Labute approximate surface area is 169 Å². The molecule has 1 N–H and O–H groups in total. The molecular formula is C23H21ClN2O2. The number of Topliss-reactive ketones (excluding diaryl/α,β-unsaturated/α-hetero) is 1. The standard InChI is InChI=1S/C23H21ClN2O2/c24-20-3-1-2-19(14-20)16-4-6-17(7-5-16)23(28)18-10-12-26(13-11-18)22-9-8-21(27)15-25-22/h1-9,14-15,18,27H,10-13H2. The van der Waals surface area contributed by atoms with Gasteiger partial charge < -0.3 is 10.0 Å². The van der Waals surface area contributed by atoms with Gasteiger partial charge >= 0.3 is 0 Å². The van der Waals surface area contributed by atoms with Crippen LogP contribution in [0.1, 0.15) is 23.2 Å². The maximum Gasteiger partial charge on any atom is 0.166 e. The molecule has 0 amide bonds. The number of nitrogens with zero attached hydrogens (tertiary/aromatic N) is 2.